The summed E-state index contributed by atoms with van der Waals surface area (Å²) in [4.78, 5) is 5.03. The van der Waals surface area contributed by atoms with E-state index < -0.39 is 0 Å². The molecule has 0 aliphatic rings. The van der Waals surface area contributed by atoms with Gasteiger partial charge in [0.25, 0.3) is 0 Å². The lowest BCUT2D eigenvalue weighted by atomic mass is 9.99. The van der Waals surface area contributed by atoms with E-state index in [2.05, 4.69) is 83.4 Å². The Hall–Kier alpha value is -5.15. The fraction of sp³-hybridized carbons (Fsp3) is 0.103. The second kappa shape index (κ2) is 13.0. The Labute approximate surface area is 248 Å². The van der Waals surface area contributed by atoms with Crippen molar-refractivity contribution in [1.29, 1.82) is 0 Å². The second-order valence-electron chi connectivity index (χ2n) is 9.43. The molecule has 0 aliphatic heterocycles. The van der Waals surface area contributed by atoms with Crippen molar-refractivity contribution in [2.24, 2.45) is 0 Å². The maximum atomic E-state index is 10.7. The highest BCUT2D eigenvalue weighted by molar-refractivity contribution is 6.12. The highest BCUT2D eigenvalue weighted by atomic mass is 16.3. The van der Waals surface area contributed by atoms with Gasteiger partial charge in [-0.25, -0.2) is 4.98 Å². The molecule has 3 nitrogen and oxygen atoms in total. The highest BCUT2D eigenvalue weighted by Crippen LogP contribution is 2.38. The van der Waals surface area contributed by atoms with Crippen molar-refractivity contribution in [2.45, 2.75) is 27.7 Å². The molecule has 0 unspecified atom stereocenters. The summed E-state index contributed by atoms with van der Waals surface area (Å²) in [6, 6.07) is 47.5. The molecule has 0 fully saturated rings. The maximum Gasteiger partial charge on any atom is 0.125 e. The molecule has 2 heterocycles. The molecule has 2 aromatic heterocycles. The zero-order valence-corrected chi connectivity index (χ0v) is 24.6. The van der Waals surface area contributed by atoms with Crippen LogP contribution in [0.5, 0.6) is 5.75 Å². The van der Waals surface area contributed by atoms with Gasteiger partial charge in [-0.05, 0) is 53.6 Å². The number of fused-ring (bicyclic) bond motifs is 3. The molecule has 0 bridgehead atoms. The summed E-state index contributed by atoms with van der Waals surface area (Å²) in [5, 5.41) is 12.6. The Morgan fingerprint density at radius 2 is 1.00 bits per heavy atom. The average Bonchev–Trinajstić information content (AvgIpc) is 3.43. The number of rotatable bonds is 4. The summed E-state index contributed by atoms with van der Waals surface area (Å²) >= 11 is 0. The summed E-state index contributed by atoms with van der Waals surface area (Å²) in [7, 11) is 0. The number of aromatic hydroxyl groups is 1. The standard InChI is InChI=1S/C35H24N2O.2C2H6/c38-34-20-10-19-33-35(34)29-17-7-8-18-32(29)37(33)28-16-9-15-26(21-28)27-22-30(24-11-3-1-4-12-24)36-31(23-27)25-13-5-2-6-14-25;2*1-2/h1-23,38H;2*1-2H3. The van der Waals surface area contributed by atoms with Gasteiger partial charge in [-0.2, -0.15) is 0 Å². The van der Waals surface area contributed by atoms with E-state index in [-0.39, 0.29) is 0 Å². The van der Waals surface area contributed by atoms with E-state index in [1.807, 2.05) is 82.3 Å². The van der Waals surface area contributed by atoms with Gasteiger partial charge in [0.05, 0.1) is 22.4 Å². The van der Waals surface area contributed by atoms with E-state index in [0.29, 0.717) is 5.75 Å². The Morgan fingerprint density at radius 1 is 0.476 bits per heavy atom. The Kier molecular flexibility index (Phi) is 8.79. The van der Waals surface area contributed by atoms with E-state index in [4.69, 9.17) is 4.98 Å². The van der Waals surface area contributed by atoms with Gasteiger partial charge in [-0.3, -0.25) is 0 Å². The minimum absolute atomic E-state index is 0.294. The number of nitrogens with zero attached hydrogens (tertiary/aromatic N) is 2. The Balaban J connectivity index is 0.000000847. The molecular formula is C39H36N2O. The predicted octanol–water partition coefficient (Wildman–Crippen LogP) is 10.9. The predicted molar refractivity (Wildman–Crippen MR) is 179 cm³/mol. The molecule has 0 radical (unpaired) electrons. The van der Waals surface area contributed by atoms with Crippen LogP contribution in [0, 0.1) is 0 Å². The van der Waals surface area contributed by atoms with E-state index in [9.17, 15) is 5.11 Å². The average molecular weight is 549 g/mol. The van der Waals surface area contributed by atoms with Crippen molar-refractivity contribution >= 4 is 21.8 Å². The van der Waals surface area contributed by atoms with Crippen molar-refractivity contribution < 1.29 is 5.11 Å². The van der Waals surface area contributed by atoms with Crippen LogP contribution in [0.4, 0.5) is 0 Å². The lowest BCUT2D eigenvalue weighted by Crippen LogP contribution is -1.95. The van der Waals surface area contributed by atoms with Crippen molar-refractivity contribution in [1.82, 2.24) is 9.55 Å². The Bertz CT molecular complexity index is 1860. The lowest BCUT2D eigenvalue weighted by Gasteiger charge is -2.13. The molecular weight excluding hydrogens is 512 g/mol. The molecule has 3 heteroatoms. The number of hydrogen-bond acceptors (Lipinski definition) is 2. The van der Waals surface area contributed by atoms with Crippen LogP contribution in [-0.2, 0) is 0 Å². The monoisotopic (exact) mass is 548 g/mol. The van der Waals surface area contributed by atoms with Crippen molar-refractivity contribution in [3.05, 3.63) is 140 Å². The fourth-order valence-electron chi connectivity index (χ4n) is 5.31. The maximum absolute atomic E-state index is 10.7. The SMILES string of the molecule is CC.CC.Oc1cccc2c1c1ccccc1n2-c1cccc(-c2cc(-c3ccccc3)nc(-c3ccccc3)c2)c1. The van der Waals surface area contributed by atoms with Gasteiger partial charge in [-0.1, -0.05) is 125 Å². The quantitative estimate of drug-likeness (QED) is 0.237. The van der Waals surface area contributed by atoms with Crippen molar-refractivity contribution in [3.63, 3.8) is 0 Å². The Morgan fingerprint density at radius 3 is 1.64 bits per heavy atom. The number of phenolic OH excluding ortho intramolecular Hbond substituents is 1. The number of para-hydroxylation sites is 1. The van der Waals surface area contributed by atoms with Crippen LogP contribution < -0.4 is 0 Å². The van der Waals surface area contributed by atoms with Crippen LogP contribution in [-0.4, -0.2) is 14.7 Å². The molecule has 0 saturated carbocycles. The van der Waals surface area contributed by atoms with Gasteiger partial charge in [0.15, 0.2) is 0 Å². The number of aromatic nitrogens is 2. The summed E-state index contributed by atoms with van der Waals surface area (Å²) < 4.78 is 2.23. The molecule has 1 N–H and O–H groups in total. The van der Waals surface area contributed by atoms with Gasteiger partial charge in [0.2, 0.25) is 0 Å². The second-order valence-corrected chi connectivity index (χ2v) is 9.43. The first-order valence-corrected chi connectivity index (χ1v) is 14.7. The van der Waals surface area contributed by atoms with Crippen LogP contribution in [0.2, 0.25) is 0 Å². The van der Waals surface area contributed by atoms with Crippen LogP contribution in [0.25, 0.3) is 61.1 Å². The summed E-state index contributed by atoms with van der Waals surface area (Å²) in [6.45, 7) is 8.00. The minimum Gasteiger partial charge on any atom is -0.507 e. The first-order valence-electron chi connectivity index (χ1n) is 14.7. The zero-order valence-electron chi connectivity index (χ0n) is 24.6. The van der Waals surface area contributed by atoms with Gasteiger partial charge < -0.3 is 9.67 Å². The third-order valence-electron chi connectivity index (χ3n) is 7.08. The molecule has 0 aliphatic carbocycles. The molecule has 0 spiro atoms. The number of benzene rings is 5. The smallest absolute Gasteiger partial charge is 0.125 e. The van der Waals surface area contributed by atoms with Crippen molar-refractivity contribution in [3.8, 4) is 45.1 Å². The third-order valence-corrected chi connectivity index (χ3v) is 7.08. The summed E-state index contributed by atoms with van der Waals surface area (Å²) in [6.07, 6.45) is 0. The third kappa shape index (κ3) is 5.42. The molecule has 5 aromatic carbocycles. The van der Waals surface area contributed by atoms with E-state index in [0.717, 1.165) is 61.1 Å². The van der Waals surface area contributed by atoms with E-state index in [1.165, 1.54) is 0 Å². The van der Waals surface area contributed by atoms with Crippen LogP contribution in [0.1, 0.15) is 27.7 Å². The largest absolute Gasteiger partial charge is 0.507 e. The van der Waals surface area contributed by atoms with Gasteiger partial charge in [-0.15, -0.1) is 0 Å². The van der Waals surface area contributed by atoms with E-state index in [1.54, 1.807) is 6.07 Å². The van der Waals surface area contributed by atoms with Gasteiger partial charge >= 0.3 is 0 Å². The first-order chi connectivity index (χ1) is 20.8. The zero-order chi connectivity index (χ0) is 29.5. The molecule has 7 rings (SSSR count). The normalized spacial score (nSPS) is 10.5. The van der Waals surface area contributed by atoms with Crippen LogP contribution >= 0.6 is 0 Å². The number of phenols is 1. The molecule has 0 atom stereocenters. The van der Waals surface area contributed by atoms with Crippen molar-refractivity contribution in [2.75, 3.05) is 0 Å². The molecule has 208 valence electrons. The van der Waals surface area contributed by atoms with Crippen LogP contribution in [0.3, 0.4) is 0 Å². The molecule has 42 heavy (non-hydrogen) atoms. The molecule has 0 saturated heterocycles. The molecule has 7 aromatic rings. The molecule has 0 amide bonds. The minimum atomic E-state index is 0.294. The van der Waals surface area contributed by atoms with Crippen LogP contribution in [0.15, 0.2) is 140 Å². The highest BCUT2D eigenvalue weighted by Gasteiger charge is 2.15. The topological polar surface area (TPSA) is 38.0 Å². The first kappa shape index (κ1) is 28.4. The fourth-order valence-corrected chi connectivity index (χ4v) is 5.31. The summed E-state index contributed by atoms with van der Waals surface area (Å²) in [5.74, 6) is 0.294. The summed E-state index contributed by atoms with van der Waals surface area (Å²) in [5.41, 5.74) is 9.33. The van der Waals surface area contributed by atoms with Gasteiger partial charge in [0, 0.05) is 27.6 Å². The van der Waals surface area contributed by atoms with E-state index >= 15 is 0 Å². The lowest BCUT2D eigenvalue weighted by molar-refractivity contribution is 0.482. The number of hydrogen-bond donors (Lipinski definition) is 1. The number of pyridine rings is 1. The van der Waals surface area contributed by atoms with Gasteiger partial charge in [0.1, 0.15) is 5.75 Å².